The van der Waals surface area contributed by atoms with Gasteiger partial charge >= 0.3 is 0 Å². The number of nitrogens with two attached hydrogens (primary N) is 1. The fraction of sp³-hybridized carbons (Fsp3) is 0.538. The van der Waals surface area contributed by atoms with Crippen LogP contribution < -0.4 is 16.0 Å². The van der Waals surface area contributed by atoms with Crippen LogP contribution in [0.2, 0.25) is 0 Å². The zero-order valence-corrected chi connectivity index (χ0v) is 11.5. The summed E-state index contributed by atoms with van der Waals surface area (Å²) in [5, 5.41) is 0. The Hall–Kier alpha value is -1.80. The first-order valence-corrected chi connectivity index (χ1v) is 5.78. The first-order chi connectivity index (χ1) is 8.29. The lowest BCUT2D eigenvalue weighted by atomic mass is 9.95. The molecule has 1 aromatic heterocycles. The maximum atomic E-state index is 5.59. The molecular formula is C13H20N4O. The molecule has 1 unspecified atom stereocenters. The Kier molecular flexibility index (Phi) is 4.15. The Balaban J connectivity index is 3.28. The summed E-state index contributed by atoms with van der Waals surface area (Å²) in [6.45, 7) is 9.68. The van der Waals surface area contributed by atoms with E-state index < -0.39 is 0 Å². The van der Waals surface area contributed by atoms with Crippen molar-refractivity contribution >= 4 is 5.82 Å². The Morgan fingerprint density at radius 2 is 2.00 bits per heavy atom. The Morgan fingerprint density at radius 1 is 1.39 bits per heavy atom. The summed E-state index contributed by atoms with van der Waals surface area (Å²) in [6.07, 6.45) is 4.96. The molecule has 3 N–H and O–H groups in total. The molecule has 0 amide bonds. The second kappa shape index (κ2) is 5.23. The number of hydrazine groups is 1. The van der Waals surface area contributed by atoms with E-state index in [1.54, 1.807) is 6.92 Å². The van der Waals surface area contributed by atoms with Crippen molar-refractivity contribution in [1.82, 2.24) is 9.97 Å². The summed E-state index contributed by atoms with van der Waals surface area (Å²) in [6, 6.07) is 0. The number of nitrogens with zero attached hydrogens (tertiary/aromatic N) is 2. The van der Waals surface area contributed by atoms with E-state index in [4.69, 9.17) is 17.0 Å². The Labute approximate surface area is 108 Å². The van der Waals surface area contributed by atoms with Gasteiger partial charge < -0.3 is 10.2 Å². The average molecular weight is 248 g/mol. The Morgan fingerprint density at radius 3 is 2.44 bits per heavy atom. The van der Waals surface area contributed by atoms with E-state index in [0.29, 0.717) is 17.5 Å². The third-order valence-electron chi connectivity index (χ3n) is 2.43. The predicted octanol–water partition coefficient (Wildman–Crippen LogP) is 1.77. The van der Waals surface area contributed by atoms with Crippen molar-refractivity contribution in [3.63, 3.8) is 0 Å². The fourth-order valence-electron chi connectivity index (χ4n) is 1.29. The van der Waals surface area contributed by atoms with Crippen LogP contribution in [0.15, 0.2) is 0 Å². The first kappa shape index (κ1) is 14.3. The molecule has 0 saturated heterocycles. The number of anilines is 1. The molecule has 1 aromatic rings. The maximum absolute atomic E-state index is 5.59. The smallest absolute Gasteiger partial charge is 0.223 e. The van der Waals surface area contributed by atoms with Crippen LogP contribution in [-0.4, -0.2) is 16.1 Å². The fourth-order valence-corrected chi connectivity index (χ4v) is 1.29. The first-order valence-electron chi connectivity index (χ1n) is 5.78. The van der Waals surface area contributed by atoms with Crippen molar-refractivity contribution in [3.8, 4) is 18.2 Å². The van der Waals surface area contributed by atoms with Gasteiger partial charge in [-0.2, -0.15) is 4.98 Å². The normalized spacial score (nSPS) is 12.7. The van der Waals surface area contributed by atoms with E-state index in [9.17, 15) is 0 Å². The van der Waals surface area contributed by atoms with Gasteiger partial charge in [0, 0.05) is 5.41 Å². The largest absolute Gasteiger partial charge is 0.461 e. The molecule has 98 valence electrons. The van der Waals surface area contributed by atoms with Crippen molar-refractivity contribution in [3.05, 3.63) is 11.4 Å². The van der Waals surface area contributed by atoms with Gasteiger partial charge in [-0.25, -0.2) is 10.8 Å². The highest BCUT2D eigenvalue weighted by Crippen LogP contribution is 2.27. The minimum Gasteiger partial charge on any atom is -0.461 e. The predicted molar refractivity (Wildman–Crippen MR) is 72.2 cm³/mol. The number of hydrogen-bond donors (Lipinski definition) is 2. The topological polar surface area (TPSA) is 73.1 Å². The van der Waals surface area contributed by atoms with Crippen molar-refractivity contribution in [1.29, 1.82) is 0 Å². The number of ether oxygens (including phenoxy) is 1. The summed E-state index contributed by atoms with van der Waals surface area (Å²) in [5.41, 5.74) is 3.10. The van der Waals surface area contributed by atoms with Crippen molar-refractivity contribution < 1.29 is 4.74 Å². The molecule has 1 heterocycles. The molecule has 0 aliphatic heterocycles. The summed E-state index contributed by atoms with van der Waals surface area (Å²) in [5.74, 6) is 9.63. The number of nitrogens with one attached hydrogen (secondary N) is 1. The van der Waals surface area contributed by atoms with Crippen molar-refractivity contribution in [2.24, 2.45) is 5.84 Å². The van der Waals surface area contributed by atoms with Crippen LogP contribution in [0.5, 0.6) is 5.88 Å². The number of nitrogen functional groups attached to an aromatic ring is 1. The highest BCUT2D eigenvalue weighted by atomic mass is 16.5. The summed E-state index contributed by atoms with van der Waals surface area (Å²) >= 11 is 0. The zero-order chi connectivity index (χ0) is 13.9. The van der Waals surface area contributed by atoms with Gasteiger partial charge in [-0.05, 0) is 13.8 Å². The van der Waals surface area contributed by atoms with Gasteiger partial charge in [-0.3, -0.25) is 0 Å². The number of hydrogen-bond acceptors (Lipinski definition) is 5. The van der Waals surface area contributed by atoms with Gasteiger partial charge in [-0.15, -0.1) is 6.42 Å². The average Bonchev–Trinajstić information content (AvgIpc) is 2.30. The van der Waals surface area contributed by atoms with Gasteiger partial charge in [0.15, 0.2) is 11.9 Å². The number of terminal acetylenes is 1. The van der Waals surface area contributed by atoms with Crippen molar-refractivity contribution in [2.75, 3.05) is 5.43 Å². The molecule has 1 atom stereocenters. The SMILES string of the molecule is C#CC(C)Oc1nc(C(C)(C)C)nc(NN)c1C. The quantitative estimate of drug-likeness (QED) is 0.484. The van der Waals surface area contributed by atoms with E-state index in [0.717, 1.165) is 5.56 Å². The third kappa shape index (κ3) is 3.11. The highest BCUT2D eigenvalue weighted by molar-refractivity contribution is 5.48. The summed E-state index contributed by atoms with van der Waals surface area (Å²) in [4.78, 5) is 8.79. The summed E-state index contributed by atoms with van der Waals surface area (Å²) in [7, 11) is 0. The zero-order valence-electron chi connectivity index (χ0n) is 11.5. The van der Waals surface area contributed by atoms with Crippen molar-refractivity contribution in [2.45, 2.75) is 46.1 Å². The second-order valence-corrected chi connectivity index (χ2v) is 5.15. The van der Waals surface area contributed by atoms with Crippen LogP contribution in [0.3, 0.4) is 0 Å². The molecule has 0 radical (unpaired) electrons. The number of rotatable bonds is 3. The van der Waals surface area contributed by atoms with Crippen LogP contribution in [0.25, 0.3) is 0 Å². The molecule has 1 rings (SSSR count). The molecule has 5 nitrogen and oxygen atoms in total. The molecule has 0 aliphatic rings. The lowest BCUT2D eigenvalue weighted by molar-refractivity contribution is 0.263. The van der Waals surface area contributed by atoms with E-state index in [1.807, 2.05) is 27.7 Å². The number of aromatic nitrogens is 2. The minimum atomic E-state index is -0.350. The van der Waals surface area contributed by atoms with Crippen LogP contribution in [0, 0.1) is 19.3 Å². The maximum Gasteiger partial charge on any atom is 0.223 e. The lowest BCUT2D eigenvalue weighted by Gasteiger charge is -2.20. The Bertz CT molecular complexity index is 471. The van der Waals surface area contributed by atoms with Gasteiger partial charge in [0.25, 0.3) is 0 Å². The van der Waals surface area contributed by atoms with Gasteiger partial charge in [0.1, 0.15) is 5.82 Å². The molecule has 0 aromatic carbocycles. The molecule has 0 aliphatic carbocycles. The van der Waals surface area contributed by atoms with Crippen LogP contribution >= 0.6 is 0 Å². The van der Waals surface area contributed by atoms with Crippen LogP contribution in [-0.2, 0) is 5.41 Å². The van der Waals surface area contributed by atoms with Crippen LogP contribution in [0.4, 0.5) is 5.82 Å². The minimum absolute atomic E-state index is 0.198. The standard InChI is InChI=1S/C13H20N4O/c1-7-8(2)18-11-9(3)10(17-14)15-12(16-11)13(4,5)6/h1,8H,14H2,2-6H3,(H,15,16,17). The highest BCUT2D eigenvalue weighted by Gasteiger charge is 2.22. The van der Waals surface area contributed by atoms with Gasteiger partial charge in [0.05, 0.1) is 5.56 Å². The molecule has 0 spiro atoms. The molecule has 0 fully saturated rings. The molecule has 0 saturated carbocycles. The van der Waals surface area contributed by atoms with E-state index in [1.165, 1.54) is 0 Å². The second-order valence-electron chi connectivity index (χ2n) is 5.15. The van der Waals surface area contributed by atoms with Gasteiger partial charge in [0.2, 0.25) is 5.88 Å². The van der Waals surface area contributed by atoms with E-state index >= 15 is 0 Å². The monoisotopic (exact) mass is 248 g/mol. The lowest BCUT2D eigenvalue weighted by Crippen LogP contribution is -2.22. The van der Waals surface area contributed by atoms with Gasteiger partial charge in [-0.1, -0.05) is 26.7 Å². The van der Waals surface area contributed by atoms with Crippen LogP contribution in [0.1, 0.15) is 39.1 Å². The molecule has 0 bridgehead atoms. The van der Waals surface area contributed by atoms with E-state index in [2.05, 4.69) is 21.3 Å². The molecule has 18 heavy (non-hydrogen) atoms. The molecular weight excluding hydrogens is 228 g/mol. The third-order valence-corrected chi connectivity index (χ3v) is 2.43. The molecule has 5 heteroatoms. The summed E-state index contributed by atoms with van der Waals surface area (Å²) < 4.78 is 5.59. The van der Waals surface area contributed by atoms with E-state index in [-0.39, 0.29) is 11.5 Å².